The molecule has 0 heterocycles. The molecule has 0 spiro atoms. The molecule has 1 amide bonds. The number of carbonyl (C=O) groups is 2. The summed E-state index contributed by atoms with van der Waals surface area (Å²) < 4.78 is 13.3. The van der Waals surface area contributed by atoms with E-state index < -0.39 is 17.3 Å². The number of rotatable bonds is 5. The Morgan fingerprint density at radius 1 is 1.50 bits per heavy atom. The number of carboxylic acids is 1. The molecule has 1 aromatic rings. The Bertz CT molecular complexity index is 463. The van der Waals surface area contributed by atoms with Gasteiger partial charge in [-0.1, -0.05) is 13.0 Å². The molecule has 4 N–H and O–H groups in total. The highest BCUT2D eigenvalue weighted by atomic mass is 19.1. The van der Waals surface area contributed by atoms with Crippen LogP contribution < -0.4 is 11.1 Å². The van der Waals surface area contributed by atoms with Crippen molar-refractivity contribution in [2.45, 2.75) is 13.3 Å². The van der Waals surface area contributed by atoms with E-state index in [1.165, 1.54) is 12.1 Å². The van der Waals surface area contributed by atoms with Crippen LogP contribution in [-0.4, -0.2) is 23.5 Å². The molecule has 0 radical (unpaired) electrons. The highest BCUT2D eigenvalue weighted by molar-refractivity contribution is 6.01. The molecule has 5 nitrogen and oxygen atoms in total. The van der Waals surface area contributed by atoms with E-state index in [1.807, 2.05) is 0 Å². The summed E-state index contributed by atoms with van der Waals surface area (Å²) in [5, 5.41) is 11.3. The third-order valence-electron chi connectivity index (χ3n) is 2.53. The maximum Gasteiger partial charge on any atom is 0.340 e. The first-order chi connectivity index (χ1) is 8.47. The molecule has 0 aromatic heterocycles. The molecular formula is C12H15FN2O3. The average molecular weight is 254 g/mol. The summed E-state index contributed by atoms with van der Waals surface area (Å²) in [5.74, 6) is -3.05. The van der Waals surface area contributed by atoms with Gasteiger partial charge in [-0.25, -0.2) is 9.18 Å². The first kappa shape index (κ1) is 14.1. The number of hydrogen-bond acceptors (Lipinski definition) is 3. The summed E-state index contributed by atoms with van der Waals surface area (Å²) in [6, 6.07) is 3.72. The summed E-state index contributed by atoms with van der Waals surface area (Å²) in [4.78, 5) is 22.6. The minimum atomic E-state index is -1.42. The van der Waals surface area contributed by atoms with Crippen LogP contribution in [0.4, 0.5) is 10.1 Å². The Morgan fingerprint density at radius 3 is 2.72 bits per heavy atom. The summed E-state index contributed by atoms with van der Waals surface area (Å²) >= 11 is 0. The maximum atomic E-state index is 13.3. The van der Waals surface area contributed by atoms with E-state index >= 15 is 0 Å². The lowest BCUT2D eigenvalue weighted by Gasteiger charge is -2.13. The lowest BCUT2D eigenvalue weighted by atomic mass is 10.1. The van der Waals surface area contributed by atoms with Crippen molar-refractivity contribution in [3.05, 3.63) is 29.6 Å². The van der Waals surface area contributed by atoms with Gasteiger partial charge in [-0.3, -0.25) is 4.79 Å². The van der Waals surface area contributed by atoms with Gasteiger partial charge >= 0.3 is 5.97 Å². The summed E-state index contributed by atoms with van der Waals surface area (Å²) in [7, 11) is 0. The number of halogens is 1. The van der Waals surface area contributed by atoms with E-state index in [2.05, 4.69) is 5.32 Å². The van der Waals surface area contributed by atoms with Gasteiger partial charge in [0.05, 0.1) is 5.69 Å². The number of carboxylic acid groups (broad SMARTS) is 1. The molecule has 0 aliphatic carbocycles. The largest absolute Gasteiger partial charge is 0.478 e. The van der Waals surface area contributed by atoms with Crippen molar-refractivity contribution in [1.82, 2.24) is 0 Å². The first-order valence-electron chi connectivity index (χ1n) is 5.50. The molecule has 0 bridgehead atoms. The van der Waals surface area contributed by atoms with Crippen LogP contribution in [0.2, 0.25) is 0 Å². The highest BCUT2D eigenvalue weighted by Gasteiger charge is 2.19. The van der Waals surface area contributed by atoms with Gasteiger partial charge in [0.15, 0.2) is 0 Å². The van der Waals surface area contributed by atoms with Crippen molar-refractivity contribution in [1.29, 1.82) is 0 Å². The van der Waals surface area contributed by atoms with E-state index in [1.54, 1.807) is 6.92 Å². The zero-order valence-electron chi connectivity index (χ0n) is 9.94. The first-order valence-corrected chi connectivity index (χ1v) is 5.50. The molecule has 0 aliphatic rings. The monoisotopic (exact) mass is 254 g/mol. The molecule has 1 rings (SSSR count). The Hall–Kier alpha value is -1.95. The smallest absolute Gasteiger partial charge is 0.340 e. The number of hydrogen-bond donors (Lipinski definition) is 3. The van der Waals surface area contributed by atoms with Crippen molar-refractivity contribution in [2.75, 3.05) is 11.9 Å². The third-order valence-corrected chi connectivity index (χ3v) is 2.53. The van der Waals surface area contributed by atoms with Gasteiger partial charge in [-0.2, -0.15) is 0 Å². The van der Waals surface area contributed by atoms with Crippen molar-refractivity contribution >= 4 is 17.6 Å². The van der Waals surface area contributed by atoms with Gasteiger partial charge in [0.1, 0.15) is 11.4 Å². The molecule has 0 aliphatic heterocycles. The standard InChI is InChI=1S/C12H15FN2O3/c1-7(5-6-14)11(16)15-9-4-2-3-8(13)10(9)12(17)18/h2-4,7H,5-6,14H2,1H3,(H,15,16)(H,17,18). The molecule has 98 valence electrons. The van der Waals surface area contributed by atoms with E-state index in [9.17, 15) is 14.0 Å². The number of carbonyl (C=O) groups excluding carboxylic acids is 1. The van der Waals surface area contributed by atoms with Crippen molar-refractivity contribution in [3.8, 4) is 0 Å². The van der Waals surface area contributed by atoms with Crippen LogP contribution in [0.1, 0.15) is 23.7 Å². The lowest BCUT2D eigenvalue weighted by Crippen LogP contribution is -2.24. The molecular weight excluding hydrogens is 239 g/mol. The van der Waals surface area contributed by atoms with Crippen molar-refractivity contribution < 1.29 is 19.1 Å². The average Bonchev–Trinajstić information content (AvgIpc) is 2.28. The normalized spacial score (nSPS) is 11.9. The number of aromatic carboxylic acids is 1. The number of benzene rings is 1. The van der Waals surface area contributed by atoms with E-state index in [-0.39, 0.29) is 17.5 Å². The van der Waals surface area contributed by atoms with Crippen molar-refractivity contribution in [3.63, 3.8) is 0 Å². The Balaban J connectivity index is 2.94. The molecule has 1 atom stereocenters. The van der Waals surface area contributed by atoms with Gasteiger partial charge in [0.2, 0.25) is 5.91 Å². The Labute approximate surface area is 104 Å². The van der Waals surface area contributed by atoms with Gasteiger partial charge in [0, 0.05) is 5.92 Å². The number of amides is 1. The predicted octanol–water partition coefficient (Wildman–Crippen LogP) is 1.45. The zero-order chi connectivity index (χ0) is 13.7. The SMILES string of the molecule is CC(CCN)C(=O)Nc1cccc(F)c1C(=O)O. The predicted molar refractivity (Wildman–Crippen MR) is 64.8 cm³/mol. The Morgan fingerprint density at radius 2 is 2.17 bits per heavy atom. The fourth-order valence-electron chi connectivity index (χ4n) is 1.48. The molecule has 0 saturated carbocycles. The number of nitrogens with two attached hydrogens (primary N) is 1. The number of anilines is 1. The van der Waals surface area contributed by atoms with Crippen LogP contribution in [0.15, 0.2) is 18.2 Å². The molecule has 6 heteroatoms. The van der Waals surface area contributed by atoms with Gasteiger partial charge in [-0.15, -0.1) is 0 Å². The lowest BCUT2D eigenvalue weighted by molar-refractivity contribution is -0.119. The quantitative estimate of drug-likeness (QED) is 0.741. The highest BCUT2D eigenvalue weighted by Crippen LogP contribution is 2.20. The molecule has 0 fully saturated rings. The molecule has 1 aromatic carbocycles. The van der Waals surface area contributed by atoms with Crippen LogP contribution in [-0.2, 0) is 4.79 Å². The molecule has 18 heavy (non-hydrogen) atoms. The van der Waals surface area contributed by atoms with Crippen LogP contribution in [0.5, 0.6) is 0 Å². The van der Waals surface area contributed by atoms with Crippen molar-refractivity contribution in [2.24, 2.45) is 11.7 Å². The molecule has 0 saturated heterocycles. The topological polar surface area (TPSA) is 92.4 Å². The second kappa shape index (κ2) is 6.11. The van der Waals surface area contributed by atoms with E-state index in [0.717, 1.165) is 6.07 Å². The summed E-state index contributed by atoms with van der Waals surface area (Å²) in [5.41, 5.74) is 4.75. The summed E-state index contributed by atoms with van der Waals surface area (Å²) in [6.45, 7) is 2.02. The fraction of sp³-hybridized carbons (Fsp3) is 0.333. The second-order valence-corrected chi connectivity index (χ2v) is 3.94. The third kappa shape index (κ3) is 3.27. The van der Waals surface area contributed by atoms with Gasteiger partial charge in [-0.05, 0) is 25.1 Å². The van der Waals surface area contributed by atoms with Crippen LogP contribution >= 0.6 is 0 Å². The minimum Gasteiger partial charge on any atom is -0.478 e. The summed E-state index contributed by atoms with van der Waals surface area (Å²) in [6.07, 6.45) is 0.476. The Kier molecular flexibility index (Phi) is 4.79. The maximum absolute atomic E-state index is 13.3. The number of nitrogens with one attached hydrogen (secondary N) is 1. The van der Waals surface area contributed by atoms with Crippen LogP contribution in [0.25, 0.3) is 0 Å². The van der Waals surface area contributed by atoms with E-state index in [4.69, 9.17) is 10.8 Å². The van der Waals surface area contributed by atoms with Gasteiger partial charge in [0.25, 0.3) is 0 Å². The zero-order valence-corrected chi connectivity index (χ0v) is 9.94. The van der Waals surface area contributed by atoms with Gasteiger partial charge < -0.3 is 16.2 Å². The second-order valence-electron chi connectivity index (χ2n) is 3.94. The van der Waals surface area contributed by atoms with Crippen LogP contribution in [0, 0.1) is 11.7 Å². The van der Waals surface area contributed by atoms with Crippen LogP contribution in [0.3, 0.4) is 0 Å². The molecule has 1 unspecified atom stereocenters. The minimum absolute atomic E-state index is 0.0450. The van der Waals surface area contributed by atoms with E-state index in [0.29, 0.717) is 13.0 Å². The fourth-order valence-corrected chi connectivity index (χ4v) is 1.48.